The van der Waals surface area contributed by atoms with Gasteiger partial charge in [-0.1, -0.05) is 12.1 Å². The van der Waals surface area contributed by atoms with Gasteiger partial charge in [0.05, 0.1) is 17.7 Å². The molecular formula is C23H25N5O4. The van der Waals surface area contributed by atoms with Crippen LogP contribution in [0.5, 0.6) is 5.75 Å². The molecule has 1 amide bonds. The number of imidazole rings is 1. The summed E-state index contributed by atoms with van der Waals surface area (Å²) in [4.78, 5) is 31.9. The minimum Gasteiger partial charge on any atom is -0.497 e. The smallest absolute Gasteiger partial charge is 0.329 e. The number of carbonyl (C=O) groups excluding carboxylic acids is 1. The van der Waals surface area contributed by atoms with Gasteiger partial charge in [-0.3, -0.25) is 14.7 Å². The Bertz CT molecular complexity index is 1100. The minimum atomic E-state index is -0.447. The largest absolute Gasteiger partial charge is 0.497 e. The van der Waals surface area contributed by atoms with Crippen molar-refractivity contribution in [2.45, 2.75) is 18.9 Å². The molecule has 9 heteroatoms. The van der Waals surface area contributed by atoms with Gasteiger partial charge in [0.25, 0.3) is 5.69 Å². The molecule has 1 aliphatic rings. The van der Waals surface area contributed by atoms with Crippen molar-refractivity contribution in [3.05, 3.63) is 71.2 Å². The van der Waals surface area contributed by atoms with E-state index in [0.717, 1.165) is 37.4 Å². The number of benzene rings is 2. The first-order valence-corrected chi connectivity index (χ1v) is 10.4. The van der Waals surface area contributed by atoms with Crippen LogP contribution in [-0.2, 0) is 0 Å². The fraction of sp³-hybridized carbons (Fsp3) is 0.304. The van der Waals surface area contributed by atoms with Gasteiger partial charge in [-0.15, -0.1) is 0 Å². The normalized spacial score (nSPS) is 14.2. The van der Waals surface area contributed by atoms with Crippen LogP contribution in [0.2, 0.25) is 0 Å². The van der Waals surface area contributed by atoms with Crippen molar-refractivity contribution in [2.75, 3.05) is 32.1 Å². The number of nitrogens with zero attached hydrogens (tertiary/aromatic N) is 5. The summed E-state index contributed by atoms with van der Waals surface area (Å²) in [6.07, 6.45) is 4.80. The topological polar surface area (TPSA) is 93.7 Å². The molecule has 0 atom stereocenters. The monoisotopic (exact) mass is 435 g/mol. The fourth-order valence-corrected chi connectivity index (χ4v) is 4.00. The first-order chi connectivity index (χ1) is 15.5. The molecule has 2 heterocycles. The maximum Gasteiger partial charge on any atom is 0.329 e. The van der Waals surface area contributed by atoms with Crippen LogP contribution >= 0.6 is 0 Å². The highest BCUT2D eigenvalue weighted by atomic mass is 16.6. The second kappa shape index (κ2) is 9.09. The first-order valence-electron chi connectivity index (χ1n) is 10.4. The average Bonchev–Trinajstić information content (AvgIpc) is 3.34. The van der Waals surface area contributed by atoms with Crippen LogP contribution in [0, 0.1) is 10.1 Å². The average molecular weight is 435 g/mol. The highest BCUT2D eigenvalue weighted by Crippen LogP contribution is 2.25. The molecule has 0 radical (unpaired) electrons. The van der Waals surface area contributed by atoms with Gasteiger partial charge < -0.3 is 14.5 Å². The third-order valence-corrected chi connectivity index (χ3v) is 5.91. The molecule has 1 aliphatic heterocycles. The number of nitro groups is 1. The van der Waals surface area contributed by atoms with E-state index in [9.17, 15) is 14.9 Å². The van der Waals surface area contributed by atoms with E-state index >= 15 is 0 Å². The molecule has 4 rings (SSSR count). The van der Waals surface area contributed by atoms with Gasteiger partial charge in [-0.05, 0) is 37.1 Å². The molecule has 0 aliphatic carbocycles. The number of rotatable bonds is 5. The maximum atomic E-state index is 13.0. The van der Waals surface area contributed by atoms with Gasteiger partial charge in [0.1, 0.15) is 12.1 Å². The number of non-ortho nitro benzene ring substituents is 1. The van der Waals surface area contributed by atoms with Crippen LogP contribution in [0.4, 0.5) is 16.2 Å². The molecule has 1 aromatic heterocycles. The molecule has 0 bridgehead atoms. The molecule has 9 nitrogen and oxygen atoms in total. The number of aromatic nitrogens is 2. The molecule has 2 aromatic carbocycles. The van der Waals surface area contributed by atoms with Gasteiger partial charge in [0.2, 0.25) is 0 Å². The Morgan fingerprint density at radius 1 is 1.19 bits per heavy atom. The summed E-state index contributed by atoms with van der Waals surface area (Å²) in [5.41, 5.74) is 2.25. The van der Waals surface area contributed by atoms with E-state index in [0.29, 0.717) is 11.3 Å². The van der Waals surface area contributed by atoms with Crippen molar-refractivity contribution < 1.29 is 14.5 Å². The van der Waals surface area contributed by atoms with E-state index in [1.807, 2.05) is 19.2 Å². The Balaban J connectivity index is 1.39. The van der Waals surface area contributed by atoms with E-state index in [4.69, 9.17) is 4.74 Å². The Morgan fingerprint density at radius 3 is 2.56 bits per heavy atom. The summed E-state index contributed by atoms with van der Waals surface area (Å²) >= 11 is 0. The summed E-state index contributed by atoms with van der Waals surface area (Å²) in [6, 6.07) is 14.2. The number of methoxy groups -OCH3 is 1. The number of hydrogen-bond acceptors (Lipinski definition) is 6. The summed E-state index contributed by atoms with van der Waals surface area (Å²) in [7, 11) is 3.46. The van der Waals surface area contributed by atoms with Gasteiger partial charge in [-0.25, -0.2) is 9.78 Å². The van der Waals surface area contributed by atoms with Crippen molar-refractivity contribution in [3.63, 3.8) is 0 Å². The van der Waals surface area contributed by atoms with E-state index < -0.39 is 4.92 Å². The summed E-state index contributed by atoms with van der Waals surface area (Å²) in [6.45, 7) is 1.72. The highest BCUT2D eigenvalue weighted by Gasteiger charge is 2.26. The fourth-order valence-electron chi connectivity index (χ4n) is 4.00. The standard InChI is InChI=1S/C23H25N5O4/c1-25(18-10-12-26(13-11-18)19-6-8-21(32-2)9-7-19)23(29)27-15-22(24-16-27)17-4-3-5-20(14-17)28(30)31/h3-9,14-16,18H,10-13H2,1-2H3. The minimum absolute atomic E-state index is 0.0101. The second-order valence-corrected chi connectivity index (χ2v) is 7.78. The molecule has 32 heavy (non-hydrogen) atoms. The lowest BCUT2D eigenvalue weighted by Crippen LogP contribution is -2.46. The van der Waals surface area contributed by atoms with Crippen molar-refractivity contribution in [1.82, 2.24) is 14.5 Å². The number of nitro benzene ring substituents is 1. The van der Waals surface area contributed by atoms with Crippen LogP contribution in [0.1, 0.15) is 12.8 Å². The van der Waals surface area contributed by atoms with Crippen LogP contribution in [0.3, 0.4) is 0 Å². The SMILES string of the molecule is COc1ccc(N2CCC(N(C)C(=O)n3cnc(-c4cccc([N+](=O)[O-])c4)c3)CC2)cc1. The van der Waals surface area contributed by atoms with Crippen LogP contribution in [-0.4, -0.2) is 58.7 Å². The molecule has 166 valence electrons. The zero-order valence-electron chi connectivity index (χ0n) is 18.0. The van der Waals surface area contributed by atoms with Gasteiger partial charge >= 0.3 is 6.03 Å². The molecule has 0 N–H and O–H groups in total. The zero-order valence-corrected chi connectivity index (χ0v) is 18.0. The van der Waals surface area contributed by atoms with E-state index in [-0.39, 0.29) is 17.8 Å². The Labute approximate surface area is 186 Å². The lowest BCUT2D eigenvalue weighted by molar-refractivity contribution is -0.384. The molecular weight excluding hydrogens is 410 g/mol. The molecule has 0 spiro atoms. The van der Waals surface area contributed by atoms with Crippen molar-refractivity contribution >= 4 is 17.4 Å². The van der Waals surface area contributed by atoms with Crippen molar-refractivity contribution in [1.29, 1.82) is 0 Å². The summed E-state index contributed by atoms with van der Waals surface area (Å²) < 4.78 is 6.65. The van der Waals surface area contributed by atoms with Crippen molar-refractivity contribution in [2.24, 2.45) is 0 Å². The first kappa shape index (κ1) is 21.4. The molecule has 0 saturated carbocycles. The molecule has 3 aromatic rings. The Kier molecular flexibility index (Phi) is 6.07. The van der Waals surface area contributed by atoms with Gasteiger partial charge in [0, 0.05) is 55.8 Å². The van der Waals surface area contributed by atoms with Crippen LogP contribution in [0.15, 0.2) is 61.1 Å². The third kappa shape index (κ3) is 4.41. The number of amides is 1. The number of ether oxygens (including phenoxy) is 1. The third-order valence-electron chi connectivity index (χ3n) is 5.91. The Morgan fingerprint density at radius 2 is 1.91 bits per heavy atom. The van der Waals surface area contributed by atoms with Crippen LogP contribution < -0.4 is 9.64 Å². The van der Waals surface area contributed by atoms with E-state index in [1.54, 1.807) is 30.3 Å². The summed E-state index contributed by atoms with van der Waals surface area (Å²) in [5.74, 6) is 0.832. The lowest BCUT2D eigenvalue weighted by Gasteiger charge is -2.37. The number of anilines is 1. The molecule has 0 unspecified atom stereocenters. The predicted molar refractivity (Wildman–Crippen MR) is 121 cm³/mol. The van der Waals surface area contributed by atoms with E-state index in [1.165, 1.54) is 23.0 Å². The summed E-state index contributed by atoms with van der Waals surface area (Å²) in [5, 5.41) is 11.0. The van der Waals surface area contributed by atoms with Gasteiger partial charge in [0.15, 0.2) is 0 Å². The number of carbonyl (C=O) groups is 1. The maximum absolute atomic E-state index is 13.0. The predicted octanol–water partition coefficient (Wildman–Crippen LogP) is 4.04. The van der Waals surface area contributed by atoms with Crippen molar-refractivity contribution in [3.8, 4) is 17.0 Å². The molecule has 1 fully saturated rings. The van der Waals surface area contributed by atoms with Crippen LogP contribution in [0.25, 0.3) is 11.3 Å². The van der Waals surface area contributed by atoms with Gasteiger partial charge in [-0.2, -0.15) is 0 Å². The number of piperidine rings is 1. The zero-order chi connectivity index (χ0) is 22.7. The highest BCUT2D eigenvalue weighted by molar-refractivity contribution is 5.78. The Hall–Kier alpha value is -3.88. The quantitative estimate of drug-likeness (QED) is 0.444. The second-order valence-electron chi connectivity index (χ2n) is 7.78. The van der Waals surface area contributed by atoms with E-state index in [2.05, 4.69) is 22.0 Å². The molecule has 1 saturated heterocycles. The number of hydrogen-bond donors (Lipinski definition) is 0. The lowest BCUT2D eigenvalue weighted by atomic mass is 10.0.